The Morgan fingerprint density at radius 3 is 2.40 bits per heavy atom. The highest BCUT2D eigenvalue weighted by Gasteiger charge is 2.21. The van der Waals surface area contributed by atoms with Gasteiger partial charge in [-0.2, -0.15) is 0 Å². The SMILES string of the molecule is C=CC/C=C(\C(O)=C(/C)C(=O)O)[N+](=O)[O-]. The number of rotatable bonds is 5. The summed E-state index contributed by atoms with van der Waals surface area (Å²) in [6.45, 7) is 4.44. The summed E-state index contributed by atoms with van der Waals surface area (Å²) in [5.41, 5.74) is -1.10. The molecule has 6 nitrogen and oxygen atoms in total. The molecule has 0 rings (SSSR count). The van der Waals surface area contributed by atoms with Crippen LogP contribution in [0, 0.1) is 10.1 Å². The highest BCUT2D eigenvalue weighted by Crippen LogP contribution is 2.13. The number of nitro groups is 1. The third-order valence-corrected chi connectivity index (χ3v) is 1.59. The van der Waals surface area contributed by atoms with E-state index in [0.717, 1.165) is 13.0 Å². The third-order valence-electron chi connectivity index (χ3n) is 1.59. The Labute approximate surface area is 86.0 Å². The molecule has 0 aromatic rings. The summed E-state index contributed by atoms with van der Waals surface area (Å²) in [4.78, 5) is 20.1. The topological polar surface area (TPSA) is 101 Å². The first-order valence-electron chi connectivity index (χ1n) is 4.00. The minimum absolute atomic E-state index is 0.174. The second-order valence-corrected chi connectivity index (χ2v) is 2.65. The van der Waals surface area contributed by atoms with Gasteiger partial charge in [0.05, 0.1) is 10.5 Å². The molecule has 0 unspecified atom stereocenters. The van der Waals surface area contributed by atoms with Gasteiger partial charge in [0.1, 0.15) is 0 Å². The molecule has 0 aliphatic carbocycles. The molecular weight excluding hydrogens is 202 g/mol. The van der Waals surface area contributed by atoms with Crippen LogP contribution in [-0.4, -0.2) is 21.1 Å². The molecule has 0 spiro atoms. The number of allylic oxidation sites excluding steroid dienone is 2. The lowest BCUT2D eigenvalue weighted by Crippen LogP contribution is -2.08. The molecule has 0 aliphatic heterocycles. The monoisotopic (exact) mass is 213 g/mol. The zero-order valence-electron chi connectivity index (χ0n) is 8.14. The largest absolute Gasteiger partial charge is 0.502 e. The fraction of sp³-hybridized carbons (Fsp3) is 0.222. The van der Waals surface area contributed by atoms with Crippen molar-refractivity contribution in [3.8, 4) is 0 Å². The molecule has 6 heteroatoms. The van der Waals surface area contributed by atoms with Crippen LogP contribution >= 0.6 is 0 Å². The van der Waals surface area contributed by atoms with E-state index in [9.17, 15) is 20.0 Å². The van der Waals surface area contributed by atoms with Crippen molar-refractivity contribution in [3.63, 3.8) is 0 Å². The number of nitrogens with zero attached hydrogens (tertiary/aromatic N) is 1. The van der Waals surface area contributed by atoms with Crippen molar-refractivity contribution >= 4 is 5.97 Å². The number of aliphatic carboxylic acids is 1. The maximum absolute atomic E-state index is 10.5. The lowest BCUT2D eigenvalue weighted by Gasteiger charge is -1.99. The molecular formula is C9H11NO5. The van der Waals surface area contributed by atoms with E-state index in [1.54, 1.807) is 0 Å². The standard InChI is InChI=1S/C9H11NO5/c1-3-4-5-7(10(14)15)8(11)6(2)9(12)13/h3,5,11H,1,4H2,2H3,(H,12,13)/b7-5+,8-6-. The number of hydrogen-bond donors (Lipinski definition) is 2. The third kappa shape index (κ3) is 3.63. The molecule has 0 bridgehead atoms. The first-order valence-corrected chi connectivity index (χ1v) is 4.00. The van der Waals surface area contributed by atoms with E-state index in [1.807, 2.05) is 0 Å². The van der Waals surface area contributed by atoms with Gasteiger partial charge in [0, 0.05) is 6.08 Å². The van der Waals surface area contributed by atoms with E-state index in [0.29, 0.717) is 0 Å². The Balaban J connectivity index is 5.28. The maximum atomic E-state index is 10.5. The van der Waals surface area contributed by atoms with Crippen molar-refractivity contribution < 1.29 is 19.9 Å². The Morgan fingerprint density at radius 1 is 1.53 bits per heavy atom. The summed E-state index contributed by atoms with van der Waals surface area (Å²) in [5.74, 6) is -2.24. The number of carboxylic acid groups (broad SMARTS) is 1. The number of aliphatic hydroxyl groups is 1. The van der Waals surface area contributed by atoms with Crippen molar-refractivity contribution in [2.45, 2.75) is 13.3 Å². The Morgan fingerprint density at radius 2 is 2.07 bits per heavy atom. The smallest absolute Gasteiger partial charge is 0.335 e. The normalized spacial score (nSPS) is 13.0. The average Bonchev–Trinajstić information content (AvgIpc) is 2.16. The van der Waals surface area contributed by atoms with Crippen LogP contribution in [0.25, 0.3) is 0 Å². The predicted molar refractivity (Wildman–Crippen MR) is 52.9 cm³/mol. The minimum atomic E-state index is -1.40. The maximum Gasteiger partial charge on any atom is 0.335 e. The molecule has 0 saturated heterocycles. The van der Waals surface area contributed by atoms with Gasteiger partial charge in [0.15, 0.2) is 0 Å². The minimum Gasteiger partial charge on any atom is -0.502 e. The molecule has 0 atom stereocenters. The Hall–Kier alpha value is -2.11. The highest BCUT2D eigenvalue weighted by molar-refractivity contribution is 5.87. The van der Waals surface area contributed by atoms with Gasteiger partial charge in [-0.25, -0.2) is 4.79 Å². The zero-order chi connectivity index (χ0) is 12.0. The van der Waals surface area contributed by atoms with Crippen LogP contribution in [0.1, 0.15) is 13.3 Å². The molecule has 2 N–H and O–H groups in total. The van der Waals surface area contributed by atoms with Crippen LogP contribution in [0.2, 0.25) is 0 Å². The summed E-state index contributed by atoms with van der Waals surface area (Å²) in [7, 11) is 0. The van der Waals surface area contributed by atoms with Crippen LogP contribution in [0.5, 0.6) is 0 Å². The van der Waals surface area contributed by atoms with Crippen molar-refractivity contribution in [1.29, 1.82) is 0 Å². The summed E-state index contributed by atoms with van der Waals surface area (Å²) in [5, 5.41) is 28.3. The molecule has 0 saturated carbocycles. The summed E-state index contributed by atoms with van der Waals surface area (Å²) >= 11 is 0. The van der Waals surface area contributed by atoms with E-state index in [-0.39, 0.29) is 6.42 Å². The molecule has 0 heterocycles. The van der Waals surface area contributed by atoms with Gasteiger partial charge in [-0.3, -0.25) is 10.1 Å². The molecule has 0 radical (unpaired) electrons. The summed E-state index contributed by atoms with van der Waals surface area (Å²) in [6, 6.07) is 0. The number of hydrogen-bond acceptors (Lipinski definition) is 4. The Kier molecular flexibility index (Phi) is 4.80. The number of aliphatic hydroxyl groups excluding tert-OH is 1. The molecule has 0 aromatic carbocycles. The zero-order valence-corrected chi connectivity index (χ0v) is 8.14. The second kappa shape index (κ2) is 5.58. The van der Waals surface area contributed by atoms with E-state index >= 15 is 0 Å². The first kappa shape index (κ1) is 12.9. The molecule has 82 valence electrons. The molecule has 0 aliphatic rings. The lowest BCUT2D eigenvalue weighted by atomic mass is 10.2. The molecule has 0 aromatic heterocycles. The fourth-order valence-corrected chi connectivity index (χ4v) is 0.746. The van der Waals surface area contributed by atoms with Crippen LogP contribution in [-0.2, 0) is 4.79 Å². The summed E-state index contributed by atoms with van der Waals surface area (Å²) < 4.78 is 0. The van der Waals surface area contributed by atoms with Gasteiger partial charge in [-0.1, -0.05) is 6.08 Å². The van der Waals surface area contributed by atoms with Gasteiger partial charge in [0.25, 0.3) is 0 Å². The van der Waals surface area contributed by atoms with E-state index in [4.69, 9.17) is 5.11 Å². The van der Waals surface area contributed by atoms with Gasteiger partial charge < -0.3 is 10.2 Å². The fourth-order valence-electron chi connectivity index (χ4n) is 0.746. The van der Waals surface area contributed by atoms with Crippen LogP contribution in [0.15, 0.2) is 35.8 Å². The van der Waals surface area contributed by atoms with Gasteiger partial charge >= 0.3 is 11.7 Å². The highest BCUT2D eigenvalue weighted by atomic mass is 16.6. The number of carboxylic acids is 1. The van der Waals surface area contributed by atoms with Crippen LogP contribution in [0.3, 0.4) is 0 Å². The lowest BCUT2D eigenvalue weighted by molar-refractivity contribution is -0.424. The van der Waals surface area contributed by atoms with Crippen molar-refractivity contribution in [1.82, 2.24) is 0 Å². The molecule has 15 heavy (non-hydrogen) atoms. The number of carbonyl (C=O) groups is 1. The van der Waals surface area contributed by atoms with Crippen molar-refractivity contribution in [2.75, 3.05) is 0 Å². The van der Waals surface area contributed by atoms with Crippen LogP contribution in [0.4, 0.5) is 0 Å². The van der Waals surface area contributed by atoms with Gasteiger partial charge in [0.2, 0.25) is 5.76 Å². The average molecular weight is 213 g/mol. The van der Waals surface area contributed by atoms with Gasteiger partial charge in [-0.05, 0) is 13.3 Å². The van der Waals surface area contributed by atoms with Crippen molar-refractivity contribution in [2.24, 2.45) is 0 Å². The quantitative estimate of drug-likeness (QED) is 0.180. The second-order valence-electron chi connectivity index (χ2n) is 2.65. The predicted octanol–water partition coefficient (Wildman–Crippen LogP) is 1.64. The first-order chi connectivity index (χ1) is 6.91. The van der Waals surface area contributed by atoms with Gasteiger partial charge in [-0.15, -0.1) is 6.58 Å². The van der Waals surface area contributed by atoms with E-state index in [1.165, 1.54) is 6.08 Å². The van der Waals surface area contributed by atoms with E-state index in [2.05, 4.69) is 6.58 Å². The van der Waals surface area contributed by atoms with Crippen LogP contribution < -0.4 is 0 Å². The molecule has 0 fully saturated rings. The Bertz CT molecular complexity index is 354. The van der Waals surface area contributed by atoms with Crippen molar-refractivity contribution in [3.05, 3.63) is 45.9 Å². The molecule has 0 amide bonds. The van der Waals surface area contributed by atoms with E-state index < -0.39 is 27.9 Å². The summed E-state index contributed by atoms with van der Waals surface area (Å²) in [6.07, 6.45) is 2.66.